The third kappa shape index (κ3) is 6.17. The van der Waals surface area contributed by atoms with Crippen LogP contribution in [0.25, 0.3) is 10.7 Å². The zero-order chi connectivity index (χ0) is 26.7. The van der Waals surface area contributed by atoms with Gasteiger partial charge in [0.1, 0.15) is 23.4 Å². The van der Waals surface area contributed by atoms with Crippen molar-refractivity contribution in [1.82, 2.24) is 19.9 Å². The number of ether oxygens (including phenoxy) is 3. The molecule has 0 radical (unpaired) electrons. The largest absolute Gasteiger partial charge is 0.463 e. The Labute approximate surface area is 221 Å². The molecule has 1 aliphatic rings. The number of carbonyl (C=O) groups excluding carboxylic acids is 3. The van der Waals surface area contributed by atoms with Crippen LogP contribution < -0.4 is 5.32 Å². The number of nitrogens with one attached hydrogen (secondary N) is 1. The predicted molar refractivity (Wildman–Crippen MR) is 136 cm³/mol. The molecule has 3 aromatic rings. The molecule has 1 N–H and O–H groups in total. The zero-order valence-corrected chi connectivity index (χ0v) is 22.6. The molecule has 11 nitrogen and oxygen atoms in total. The van der Waals surface area contributed by atoms with Gasteiger partial charge in [0.05, 0.1) is 33.9 Å². The maximum atomic E-state index is 13.3. The summed E-state index contributed by atoms with van der Waals surface area (Å²) in [7, 11) is 0. The first-order chi connectivity index (χ1) is 17.6. The summed E-state index contributed by atoms with van der Waals surface area (Å²) in [6, 6.07) is 0. The van der Waals surface area contributed by atoms with Crippen molar-refractivity contribution in [3.05, 3.63) is 40.2 Å². The Morgan fingerprint density at radius 2 is 1.84 bits per heavy atom. The van der Waals surface area contributed by atoms with Gasteiger partial charge in [0.25, 0.3) is 0 Å². The lowest BCUT2D eigenvalue weighted by atomic mass is 9.83. The van der Waals surface area contributed by atoms with Crippen LogP contribution in [0.5, 0.6) is 0 Å². The Balaban J connectivity index is 1.52. The second-order valence-electron chi connectivity index (χ2n) is 8.72. The summed E-state index contributed by atoms with van der Waals surface area (Å²) >= 11 is 2.41. The van der Waals surface area contributed by atoms with Gasteiger partial charge in [-0.1, -0.05) is 25.2 Å². The Morgan fingerprint density at radius 1 is 1.05 bits per heavy atom. The van der Waals surface area contributed by atoms with Gasteiger partial charge >= 0.3 is 11.9 Å². The van der Waals surface area contributed by atoms with Gasteiger partial charge in [-0.25, -0.2) is 9.97 Å². The molecule has 0 amide bonds. The van der Waals surface area contributed by atoms with E-state index in [0.717, 1.165) is 11.3 Å². The highest BCUT2D eigenvalue weighted by atomic mass is 32.1. The Morgan fingerprint density at radius 3 is 2.51 bits per heavy atom. The van der Waals surface area contributed by atoms with Crippen molar-refractivity contribution in [1.29, 1.82) is 0 Å². The van der Waals surface area contributed by atoms with Crippen LogP contribution in [-0.4, -0.2) is 62.7 Å². The molecular formula is C24H27N5O6S2. The third-order valence-electron chi connectivity index (χ3n) is 6.09. The van der Waals surface area contributed by atoms with Crippen LogP contribution in [0.15, 0.2) is 24.8 Å². The molecule has 0 saturated carbocycles. The number of thiazole rings is 2. The first-order valence-corrected chi connectivity index (χ1v) is 13.2. The molecule has 1 fully saturated rings. The molecule has 0 aliphatic carbocycles. The van der Waals surface area contributed by atoms with Crippen molar-refractivity contribution in [2.45, 2.75) is 53.1 Å². The topological polar surface area (TPSA) is 142 Å². The lowest BCUT2D eigenvalue weighted by Crippen LogP contribution is -2.55. The molecule has 4 rings (SSSR count). The fourth-order valence-corrected chi connectivity index (χ4v) is 5.81. The fraction of sp³-hybridized carbons (Fsp3) is 0.458. The van der Waals surface area contributed by atoms with Crippen LogP contribution in [0.2, 0.25) is 0 Å². The average Bonchev–Trinajstić information content (AvgIpc) is 3.49. The SMILES string of the molecule is CC(=O)OCC1O[C@H](Nc2ncc(C(=O)c3sc(-c4cnccn4)nc3C)s2)C(OC(C)=O)[C@@H](C)[C@@H]1C. The van der Waals surface area contributed by atoms with Gasteiger partial charge in [0.2, 0.25) is 5.78 Å². The minimum absolute atomic E-state index is 0.0482. The van der Waals surface area contributed by atoms with Crippen LogP contribution >= 0.6 is 22.7 Å². The number of anilines is 1. The zero-order valence-electron chi connectivity index (χ0n) is 21.0. The van der Waals surface area contributed by atoms with Crippen LogP contribution in [0.4, 0.5) is 5.13 Å². The molecule has 0 spiro atoms. The van der Waals surface area contributed by atoms with E-state index >= 15 is 0 Å². The second kappa shape index (κ2) is 11.4. The van der Waals surface area contributed by atoms with E-state index < -0.39 is 30.4 Å². The minimum atomic E-state index is -0.752. The molecular weight excluding hydrogens is 518 g/mol. The normalized spacial score (nSPS) is 23.3. The quantitative estimate of drug-likeness (QED) is 0.328. The molecule has 0 bridgehead atoms. The molecule has 13 heteroatoms. The maximum Gasteiger partial charge on any atom is 0.303 e. The predicted octanol–water partition coefficient (Wildman–Crippen LogP) is 3.50. The third-order valence-corrected chi connectivity index (χ3v) is 8.19. The summed E-state index contributed by atoms with van der Waals surface area (Å²) < 4.78 is 16.9. The van der Waals surface area contributed by atoms with Crippen molar-refractivity contribution < 1.29 is 28.6 Å². The molecule has 1 aliphatic heterocycles. The van der Waals surface area contributed by atoms with Gasteiger partial charge in [-0.2, -0.15) is 0 Å². The summed E-state index contributed by atoms with van der Waals surface area (Å²) in [6.45, 7) is 8.43. The number of aryl methyl sites for hydroxylation is 1. The first-order valence-electron chi connectivity index (χ1n) is 11.6. The van der Waals surface area contributed by atoms with Gasteiger partial charge in [-0.05, 0) is 12.8 Å². The Hall–Kier alpha value is -3.29. The molecule has 0 aromatic carbocycles. The van der Waals surface area contributed by atoms with Crippen molar-refractivity contribution in [2.75, 3.05) is 11.9 Å². The molecule has 1 saturated heterocycles. The molecule has 37 heavy (non-hydrogen) atoms. The summed E-state index contributed by atoms with van der Waals surface area (Å²) in [5.74, 6) is -1.19. The van der Waals surface area contributed by atoms with E-state index in [4.69, 9.17) is 14.2 Å². The Kier molecular flexibility index (Phi) is 8.25. The highest BCUT2D eigenvalue weighted by Crippen LogP contribution is 2.35. The average molecular weight is 546 g/mol. The molecule has 4 heterocycles. The van der Waals surface area contributed by atoms with Crippen molar-refractivity contribution in [3.63, 3.8) is 0 Å². The van der Waals surface area contributed by atoms with E-state index in [0.29, 0.717) is 31.3 Å². The number of aromatic nitrogens is 4. The summed E-state index contributed by atoms with van der Waals surface area (Å²) in [5, 5.41) is 4.20. The van der Waals surface area contributed by atoms with Crippen LogP contribution in [0.3, 0.4) is 0 Å². The van der Waals surface area contributed by atoms with E-state index in [-0.39, 0.29) is 24.2 Å². The summed E-state index contributed by atoms with van der Waals surface area (Å²) in [4.78, 5) is 54.4. The van der Waals surface area contributed by atoms with Gasteiger partial charge in [-0.3, -0.25) is 24.4 Å². The van der Waals surface area contributed by atoms with E-state index in [1.54, 1.807) is 25.5 Å². The van der Waals surface area contributed by atoms with Crippen LogP contribution in [0.1, 0.15) is 47.9 Å². The number of hydrogen-bond acceptors (Lipinski definition) is 13. The smallest absolute Gasteiger partial charge is 0.303 e. The number of ketones is 1. The van der Waals surface area contributed by atoms with E-state index in [2.05, 4.69) is 25.3 Å². The lowest BCUT2D eigenvalue weighted by Gasteiger charge is -2.43. The molecule has 3 aromatic heterocycles. The number of esters is 2. The van der Waals surface area contributed by atoms with Gasteiger partial charge in [0, 0.05) is 32.2 Å². The van der Waals surface area contributed by atoms with Gasteiger partial charge in [-0.15, -0.1) is 11.3 Å². The van der Waals surface area contributed by atoms with Crippen molar-refractivity contribution in [3.8, 4) is 10.7 Å². The van der Waals surface area contributed by atoms with Crippen LogP contribution in [0, 0.1) is 18.8 Å². The van der Waals surface area contributed by atoms with E-state index in [1.165, 1.54) is 31.4 Å². The first kappa shape index (κ1) is 26.8. The van der Waals surface area contributed by atoms with E-state index in [1.807, 2.05) is 13.8 Å². The summed E-state index contributed by atoms with van der Waals surface area (Å²) in [6.07, 6.45) is 4.46. The maximum absolute atomic E-state index is 13.3. The standard InChI is InChI=1S/C24H27N5O6S2/c1-11-12(2)20(34-15(5)31)22(35-17(11)10-33-14(4)30)29-24-27-9-18(36-24)19(32)21-13(3)28-23(37-21)16-8-25-6-7-26-16/h6-9,11-12,17,20,22H,10H2,1-5H3,(H,27,29)/t11-,12-,17?,20?,22-/m0/s1. The second-order valence-corrected chi connectivity index (χ2v) is 10.7. The molecule has 2 unspecified atom stereocenters. The van der Waals surface area contributed by atoms with Gasteiger partial charge < -0.3 is 19.5 Å². The lowest BCUT2D eigenvalue weighted by molar-refractivity contribution is -0.197. The van der Waals surface area contributed by atoms with E-state index in [9.17, 15) is 14.4 Å². The number of hydrogen-bond donors (Lipinski definition) is 1. The molecule has 5 atom stereocenters. The van der Waals surface area contributed by atoms with Crippen LogP contribution in [-0.2, 0) is 23.8 Å². The number of carbonyl (C=O) groups is 3. The number of rotatable bonds is 8. The Bertz CT molecular complexity index is 1280. The van der Waals surface area contributed by atoms with Crippen molar-refractivity contribution >= 4 is 45.5 Å². The number of nitrogens with zero attached hydrogens (tertiary/aromatic N) is 4. The minimum Gasteiger partial charge on any atom is -0.463 e. The fourth-order valence-electron chi connectivity index (χ4n) is 3.98. The summed E-state index contributed by atoms with van der Waals surface area (Å²) in [5.41, 5.74) is 1.19. The van der Waals surface area contributed by atoms with Crippen molar-refractivity contribution in [2.24, 2.45) is 11.8 Å². The highest BCUT2D eigenvalue weighted by molar-refractivity contribution is 7.20. The monoisotopic (exact) mass is 545 g/mol. The van der Waals surface area contributed by atoms with Gasteiger partial charge in [0.15, 0.2) is 11.4 Å². The highest BCUT2D eigenvalue weighted by Gasteiger charge is 2.44. The molecule has 196 valence electrons.